The van der Waals surface area contributed by atoms with Gasteiger partial charge in [-0.25, -0.2) is 0 Å². The molecule has 0 atom stereocenters. The van der Waals surface area contributed by atoms with Crippen LogP contribution in [-0.2, 0) is 6.42 Å². The fraction of sp³-hybridized carbons (Fsp3) is 0.786. The highest BCUT2D eigenvalue weighted by Gasteiger charge is 2.04. The molecule has 2 heteroatoms. The fourth-order valence-corrected chi connectivity index (χ4v) is 4.05. The molecule has 0 radical (unpaired) electrons. The smallest absolute Gasteiger partial charge is 0.119 e. The predicted molar refractivity (Wildman–Crippen MR) is 132 cm³/mol. The van der Waals surface area contributed by atoms with Gasteiger partial charge in [-0.2, -0.15) is 0 Å². The van der Waals surface area contributed by atoms with E-state index in [1.165, 1.54) is 96.3 Å². The molecule has 0 aliphatic rings. The first-order valence-corrected chi connectivity index (χ1v) is 13.2. The topological polar surface area (TPSA) is 29.5 Å². The number of phenols is 1. The normalized spacial score (nSPS) is 11.1. The Kier molecular flexibility index (Phi) is 17.7. The summed E-state index contributed by atoms with van der Waals surface area (Å²) < 4.78 is 5.76. The summed E-state index contributed by atoms with van der Waals surface area (Å²) in [5.41, 5.74) is 1.04. The zero-order valence-corrected chi connectivity index (χ0v) is 20.2. The highest BCUT2D eigenvalue weighted by molar-refractivity contribution is 5.39. The molecule has 1 N–H and O–H groups in total. The van der Waals surface area contributed by atoms with E-state index in [1.54, 1.807) is 6.07 Å². The zero-order valence-electron chi connectivity index (χ0n) is 20.2. The van der Waals surface area contributed by atoms with E-state index < -0.39 is 0 Å². The Labute approximate surface area is 187 Å². The average Bonchev–Trinajstić information content (AvgIpc) is 2.75. The van der Waals surface area contributed by atoms with Crippen molar-refractivity contribution in [2.45, 2.75) is 136 Å². The molecule has 0 saturated heterocycles. The molecule has 2 nitrogen and oxygen atoms in total. The van der Waals surface area contributed by atoms with Gasteiger partial charge in [0.05, 0.1) is 6.61 Å². The van der Waals surface area contributed by atoms with Gasteiger partial charge in [-0.3, -0.25) is 0 Å². The van der Waals surface area contributed by atoms with Crippen LogP contribution in [0.5, 0.6) is 11.5 Å². The number of aryl methyl sites for hydroxylation is 1. The zero-order chi connectivity index (χ0) is 21.7. The van der Waals surface area contributed by atoms with Crippen LogP contribution in [0.2, 0.25) is 0 Å². The summed E-state index contributed by atoms with van der Waals surface area (Å²) in [6.07, 6.45) is 25.4. The van der Waals surface area contributed by atoms with E-state index >= 15 is 0 Å². The van der Waals surface area contributed by atoms with Crippen molar-refractivity contribution in [2.75, 3.05) is 6.61 Å². The van der Waals surface area contributed by atoms with Gasteiger partial charge in [0.2, 0.25) is 0 Å². The van der Waals surface area contributed by atoms with Crippen LogP contribution < -0.4 is 4.74 Å². The molecule has 174 valence electrons. The Morgan fingerprint density at radius 1 is 0.600 bits per heavy atom. The maximum Gasteiger partial charge on any atom is 0.119 e. The van der Waals surface area contributed by atoms with Gasteiger partial charge in [-0.05, 0) is 43.0 Å². The third kappa shape index (κ3) is 14.7. The molecule has 0 unspecified atom stereocenters. The molecule has 0 bridgehead atoms. The molecule has 1 aromatic carbocycles. The largest absolute Gasteiger partial charge is 0.508 e. The van der Waals surface area contributed by atoms with Crippen molar-refractivity contribution in [3.8, 4) is 11.5 Å². The van der Waals surface area contributed by atoms with E-state index in [0.29, 0.717) is 5.75 Å². The summed E-state index contributed by atoms with van der Waals surface area (Å²) in [6, 6.07) is 5.68. The first-order chi connectivity index (χ1) is 14.8. The van der Waals surface area contributed by atoms with Crippen LogP contribution in [0.25, 0.3) is 0 Å². The van der Waals surface area contributed by atoms with Crippen LogP contribution in [0.15, 0.2) is 18.2 Å². The monoisotopic (exact) mass is 418 g/mol. The number of unbranched alkanes of at least 4 members (excludes halogenated alkanes) is 16. The van der Waals surface area contributed by atoms with Crippen LogP contribution in [0.3, 0.4) is 0 Å². The van der Waals surface area contributed by atoms with Crippen molar-refractivity contribution < 1.29 is 9.84 Å². The number of ether oxygens (including phenoxy) is 1. The third-order valence-corrected chi connectivity index (χ3v) is 6.12. The quantitative estimate of drug-likeness (QED) is 0.201. The number of aromatic hydroxyl groups is 1. The number of phenolic OH excluding ortho intramolecular Hbond substituents is 1. The number of hydrogen-bond donors (Lipinski definition) is 1. The van der Waals surface area contributed by atoms with Crippen LogP contribution >= 0.6 is 0 Å². The lowest BCUT2D eigenvalue weighted by atomic mass is 10.0. The summed E-state index contributed by atoms with van der Waals surface area (Å²) in [5, 5.41) is 10.1. The summed E-state index contributed by atoms with van der Waals surface area (Å²) in [7, 11) is 0. The highest BCUT2D eigenvalue weighted by Crippen LogP contribution is 2.25. The first-order valence-electron chi connectivity index (χ1n) is 13.2. The van der Waals surface area contributed by atoms with Crippen molar-refractivity contribution in [3.63, 3.8) is 0 Å². The van der Waals surface area contributed by atoms with E-state index in [1.807, 2.05) is 12.1 Å². The lowest BCUT2D eigenvalue weighted by Gasteiger charge is -2.09. The number of rotatable bonds is 21. The van der Waals surface area contributed by atoms with Crippen LogP contribution in [-0.4, -0.2) is 11.7 Å². The molecule has 0 aromatic heterocycles. The Morgan fingerprint density at radius 3 is 1.57 bits per heavy atom. The van der Waals surface area contributed by atoms with Gasteiger partial charge >= 0.3 is 0 Å². The SMILES string of the molecule is CCCCCCCCCCCCCCCCCCc1cc(OCCCC)ccc1O. The molecule has 0 aliphatic heterocycles. The Hall–Kier alpha value is -1.18. The third-order valence-electron chi connectivity index (χ3n) is 6.12. The van der Waals surface area contributed by atoms with E-state index in [9.17, 15) is 5.11 Å². The second kappa shape index (κ2) is 19.8. The second-order valence-corrected chi connectivity index (χ2v) is 9.05. The summed E-state index contributed by atoms with van der Waals surface area (Å²) in [6.45, 7) is 5.22. The molecule has 1 rings (SSSR count). The summed E-state index contributed by atoms with van der Waals surface area (Å²) in [4.78, 5) is 0. The van der Waals surface area contributed by atoms with Crippen molar-refractivity contribution in [1.82, 2.24) is 0 Å². The molecule has 30 heavy (non-hydrogen) atoms. The van der Waals surface area contributed by atoms with Gasteiger partial charge in [0, 0.05) is 0 Å². The van der Waals surface area contributed by atoms with Crippen LogP contribution in [0.4, 0.5) is 0 Å². The predicted octanol–water partition coefficient (Wildman–Crippen LogP) is 9.38. The number of benzene rings is 1. The van der Waals surface area contributed by atoms with E-state index in [0.717, 1.165) is 43.6 Å². The highest BCUT2D eigenvalue weighted by atomic mass is 16.5. The standard InChI is InChI=1S/C28H50O2/c1-3-5-7-8-9-10-11-12-13-14-15-16-17-18-19-20-21-26-25-27(22-23-28(26)29)30-24-6-4-2/h22-23,25,29H,3-21,24H2,1-2H3. The van der Waals surface area contributed by atoms with Gasteiger partial charge in [0.1, 0.15) is 11.5 Å². The Bertz CT molecular complexity index is 497. The van der Waals surface area contributed by atoms with Crippen molar-refractivity contribution in [3.05, 3.63) is 23.8 Å². The van der Waals surface area contributed by atoms with E-state index in [-0.39, 0.29) is 0 Å². The van der Waals surface area contributed by atoms with Crippen molar-refractivity contribution in [1.29, 1.82) is 0 Å². The molecular formula is C28H50O2. The van der Waals surface area contributed by atoms with Gasteiger partial charge in [0.15, 0.2) is 0 Å². The molecule has 0 fully saturated rings. The summed E-state index contributed by atoms with van der Waals surface area (Å²) >= 11 is 0. The van der Waals surface area contributed by atoms with Crippen LogP contribution in [0, 0.1) is 0 Å². The molecule has 0 aliphatic carbocycles. The van der Waals surface area contributed by atoms with E-state index in [2.05, 4.69) is 13.8 Å². The van der Waals surface area contributed by atoms with Crippen molar-refractivity contribution in [2.24, 2.45) is 0 Å². The summed E-state index contributed by atoms with van der Waals surface area (Å²) in [5.74, 6) is 1.31. The Balaban J connectivity index is 1.92. The molecule has 0 spiro atoms. The van der Waals surface area contributed by atoms with Crippen molar-refractivity contribution >= 4 is 0 Å². The molecular weight excluding hydrogens is 368 g/mol. The molecule has 1 aromatic rings. The van der Waals surface area contributed by atoms with Gasteiger partial charge in [-0.1, -0.05) is 117 Å². The first kappa shape index (κ1) is 26.9. The lowest BCUT2D eigenvalue weighted by molar-refractivity contribution is 0.308. The average molecular weight is 419 g/mol. The Morgan fingerprint density at radius 2 is 1.07 bits per heavy atom. The lowest BCUT2D eigenvalue weighted by Crippen LogP contribution is -1.97. The van der Waals surface area contributed by atoms with E-state index in [4.69, 9.17) is 4.74 Å². The minimum absolute atomic E-state index is 0.416. The molecule has 0 saturated carbocycles. The molecule has 0 amide bonds. The minimum atomic E-state index is 0.416. The van der Waals surface area contributed by atoms with Gasteiger partial charge in [-0.15, -0.1) is 0 Å². The van der Waals surface area contributed by atoms with Crippen LogP contribution in [0.1, 0.15) is 135 Å². The second-order valence-electron chi connectivity index (χ2n) is 9.05. The van der Waals surface area contributed by atoms with Gasteiger partial charge < -0.3 is 9.84 Å². The number of hydrogen-bond acceptors (Lipinski definition) is 2. The minimum Gasteiger partial charge on any atom is -0.508 e. The maximum atomic E-state index is 10.1. The van der Waals surface area contributed by atoms with Gasteiger partial charge in [0.25, 0.3) is 0 Å². The molecule has 0 heterocycles. The maximum absolute atomic E-state index is 10.1. The fourth-order valence-electron chi connectivity index (χ4n) is 4.05.